The third kappa shape index (κ3) is 3.07. The molecule has 0 aliphatic heterocycles. The summed E-state index contributed by atoms with van der Waals surface area (Å²) < 4.78 is 1.17. The van der Waals surface area contributed by atoms with Gasteiger partial charge in [-0.3, -0.25) is 0 Å². The number of nitrogens with one attached hydrogen (secondary N) is 1. The first-order valence-electron chi connectivity index (χ1n) is 10.0. The van der Waals surface area contributed by atoms with Crippen LogP contribution in [-0.2, 0) is 12.8 Å². The van der Waals surface area contributed by atoms with Crippen LogP contribution >= 0.6 is 11.3 Å². The largest absolute Gasteiger partial charge is 0.369 e. The molecule has 0 unspecified atom stereocenters. The lowest BCUT2D eigenvalue weighted by Crippen LogP contribution is -2.10. The lowest BCUT2D eigenvalue weighted by atomic mass is 9.86. The summed E-state index contributed by atoms with van der Waals surface area (Å²) in [6, 6.07) is 0. The fourth-order valence-electron chi connectivity index (χ4n) is 4.07. The Labute approximate surface area is 159 Å². The SMILES string of the molecule is CCCCCNc1ncnc2c1sc1nc(C(C)C)c3c(c12)CCCC3. The predicted octanol–water partition coefficient (Wildman–Crippen LogP) is 5.84. The van der Waals surface area contributed by atoms with Crippen LogP contribution in [0.1, 0.15) is 75.6 Å². The van der Waals surface area contributed by atoms with Crippen LogP contribution in [0.4, 0.5) is 5.82 Å². The van der Waals surface area contributed by atoms with Crippen molar-refractivity contribution in [2.24, 2.45) is 0 Å². The molecule has 0 aromatic carbocycles. The van der Waals surface area contributed by atoms with E-state index in [1.807, 2.05) is 0 Å². The van der Waals surface area contributed by atoms with Gasteiger partial charge in [-0.25, -0.2) is 15.0 Å². The van der Waals surface area contributed by atoms with Crippen molar-refractivity contribution in [3.63, 3.8) is 0 Å². The first-order chi connectivity index (χ1) is 12.7. The maximum Gasteiger partial charge on any atom is 0.147 e. The van der Waals surface area contributed by atoms with E-state index in [9.17, 15) is 0 Å². The lowest BCUT2D eigenvalue weighted by molar-refractivity contribution is 0.667. The quantitative estimate of drug-likeness (QED) is 0.555. The number of nitrogens with zero attached hydrogens (tertiary/aromatic N) is 3. The van der Waals surface area contributed by atoms with Gasteiger partial charge in [0.2, 0.25) is 0 Å². The van der Waals surface area contributed by atoms with Gasteiger partial charge in [0.05, 0.1) is 10.2 Å². The van der Waals surface area contributed by atoms with Crippen LogP contribution in [0, 0.1) is 0 Å². The van der Waals surface area contributed by atoms with Crippen LogP contribution in [0.15, 0.2) is 6.33 Å². The van der Waals surface area contributed by atoms with Crippen molar-refractivity contribution in [2.45, 2.75) is 71.6 Å². The number of pyridine rings is 1. The summed E-state index contributed by atoms with van der Waals surface area (Å²) in [6.07, 6.45) is 10.2. The number of hydrogen-bond acceptors (Lipinski definition) is 5. The molecule has 0 fully saturated rings. The van der Waals surface area contributed by atoms with Gasteiger partial charge in [-0.15, -0.1) is 11.3 Å². The first-order valence-corrected chi connectivity index (χ1v) is 10.8. The number of hydrogen-bond donors (Lipinski definition) is 1. The number of anilines is 1. The van der Waals surface area contributed by atoms with E-state index in [4.69, 9.17) is 4.98 Å². The zero-order valence-corrected chi connectivity index (χ0v) is 16.9. The molecule has 1 N–H and O–H groups in total. The fraction of sp³-hybridized carbons (Fsp3) is 0.571. The number of unbranched alkanes of at least 4 members (excludes halogenated alkanes) is 2. The lowest BCUT2D eigenvalue weighted by Gasteiger charge is -2.21. The molecule has 4 nitrogen and oxygen atoms in total. The third-order valence-electron chi connectivity index (χ3n) is 5.37. The van der Waals surface area contributed by atoms with Crippen LogP contribution in [-0.4, -0.2) is 21.5 Å². The molecule has 3 heterocycles. The van der Waals surface area contributed by atoms with Crippen molar-refractivity contribution in [1.82, 2.24) is 15.0 Å². The van der Waals surface area contributed by atoms with Crippen molar-refractivity contribution in [3.8, 4) is 0 Å². The third-order valence-corrected chi connectivity index (χ3v) is 6.45. The van der Waals surface area contributed by atoms with Gasteiger partial charge in [0.1, 0.15) is 17.0 Å². The predicted molar refractivity (Wildman–Crippen MR) is 111 cm³/mol. The zero-order chi connectivity index (χ0) is 18.1. The topological polar surface area (TPSA) is 50.7 Å². The minimum atomic E-state index is 0.467. The minimum absolute atomic E-state index is 0.467. The molecule has 1 aliphatic carbocycles. The van der Waals surface area contributed by atoms with E-state index >= 15 is 0 Å². The molecule has 0 saturated carbocycles. The Bertz CT molecular complexity index is 929. The number of fused-ring (bicyclic) bond motifs is 5. The first kappa shape index (κ1) is 17.7. The van der Waals surface area contributed by atoms with E-state index in [1.165, 1.54) is 59.0 Å². The van der Waals surface area contributed by atoms with E-state index in [1.54, 1.807) is 17.7 Å². The molecule has 3 aromatic heterocycles. The maximum atomic E-state index is 5.10. The van der Waals surface area contributed by atoms with Crippen LogP contribution in [0.2, 0.25) is 0 Å². The van der Waals surface area contributed by atoms with E-state index < -0.39 is 0 Å². The van der Waals surface area contributed by atoms with Gasteiger partial charge in [0, 0.05) is 17.6 Å². The Hall–Kier alpha value is -1.75. The average molecular weight is 369 g/mol. The monoisotopic (exact) mass is 368 g/mol. The van der Waals surface area contributed by atoms with Crippen molar-refractivity contribution >= 4 is 37.6 Å². The number of aryl methyl sites for hydroxylation is 1. The zero-order valence-electron chi connectivity index (χ0n) is 16.1. The van der Waals surface area contributed by atoms with Crippen molar-refractivity contribution in [3.05, 3.63) is 23.1 Å². The molecule has 4 rings (SSSR count). The van der Waals surface area contributed by atoms with Gasteiger partial charge in [-0.05, 0) is 49.1 Å². The van der Waals surface area contributed by atoms with Gasteiger partial charge >= 0.3 is 0 Å². The summed E-state index contributed by atoms with van der Waals surface area (Å²) in [5.74, 6) is 1.44. The number of aromatic nitrogens is 3. The highest BCUT2D eigenvalue weighted by Gasteiger charge is 2.24. The molecule has 0 atom stereocenters. The van der Waals surface area contributed by atoms with Gasteiger partial charge in [-0.1, -0.05) is 33.6 Å². The fourth-order valence-corrected chi connectivity index (χ4v) is 5.21. The smallest absolute Gasteiger partial charge is 0.147 e. The van der Waals surface area contributed by atoms with Gasteiger partial charge in [0.15, 0.2) is 0 Å². The summed E-state index contributed by atoms with van der Waals surface area (Å²) in [4.78, 5) is 15.4. The van der Waals surface area contributed by atoms with Gasteiger partial charge in [-0.2, -0.15) is 0 Å². The Morgan fingerprint density at radius 2 is 1.92 bits per heavy atom. The molecular weight excluding hydrogens is 340 g/mol. The molecule has 1 aliphatic rings. The molecule has 0 amide bonds. The number of rotatable bonds is 6. The second-order valence-corrected chi connectivity index (χ2v) is 8.63. The molecule has 3 aromatic rings. The second-order valence-electron chi connectivity index (χ2n) is 7.63. The summed E-state index contributed by atoms with van der Waals surface area (Å²) in [6.45, 7) is 7.72. The standard InChI is InChI=1S/C21H28N4S/c1-4-5-8-11-22-20-19-18(23-12-24-20)16-14-9-6-7-10-15(14)17(13(2)3)25-21(16)26-19/h12-13H,4-11H2,1-3H3,(H,22,23,24). The van der Waals surface area contributed by atoms with E-state index in [2.05, 4.69) is 36.1 Å². The molecule has 138 valence electrons. The van der Waals surface area contributed by atoms with Crippen molar-refractivity contribution in [2.75, 3.05) is 11.9 Å². The average Bonchev–Trinajstić information content (AvgIpc) is 3.04. The van der Waals surface area contributed by atoms with Crippen LogP contribution in [0.3, 0.4) is 0 Å². The van der Waals surface area contributed by atoms with Crippen LogP contribution in [0.5, 0.6) is 0 Å². The molecule has 0 saturated heterocycles. The van der Waals surface area contributed by atoms with Gasteiger partial charge < -0.3 is 5.32 Å². The highest BCUT2D eigenvalue weighted by Crippen LogP contribution is 2.41. The molecule has 26 heavy (non-hydrogen) atoms. The van der Waals surface area contributed by atoms with Crippen molar-refractivity contribution < 1.29 is 0 Å². The normalized spacial score (nSPS) is 14.3. The van der Waals surface area contributed by atoms with E-state index in [0.717, 1.165) is 35.6 Å². The minimum Gasteiger partial charge on any atom is -0.369 e. The Kier molecular flexibility index (Phi) is 5.07. The summed E-state index contributed by atoms with van der Waals surface area (Å²) in [5, 5.41) is 4.83. The maximum absolute atomic E-state index is 5.10. The summed E-state index contributed by atoms with van der Waals surface area (Å²) >= 11 is 1.76. The van der Waals surface area contributed by atoms with E-state index in [0.29, 0.717) is 5.92 Å². The van der Waals surface area contributed by atoms with Gasteiger partial charge in [0.25, 0.3) is 0 Å². The molecule has 0 radical (unpaired) electrons. The molecule has 0 bridgehead atoms. The highest BCUT2D eigenvalue weighted by molar-refractivity contribution is 7.26. The molecular formula is C21H28N4S. The van der Waals surface area contributed by atoms with Crippen LogP contribution in [0.25, 0.3) is 20.4 Å². The van der Waals surface area contributed by atoms with Crippen LogP contribution < -0.4 is 5.32 Å². The summed E-state index contributed by atoms with van der Waals surface area (Å²) in [5.41, 5.74) is 5.39. The Balaban J connectivity index is 1.86. The second kappa shape index (κ2) is 7.47. The number of thiophene rings is 1. The highest BCUT2D eigenvalue weighted by atomic mass is 32.1. The summed E-state index contributed by atoms with van der Waals surface area (Å²) in [7, 11) is 0. The molecule has 0 spiro atoms. The molecule has 5 heteroatoms. The van der Waals surface area contributed by atoms with Crippen molar-refractivity contribution in [1.29, 1.82) is 0 Å². The Morgan fingerprint density at radius 1 is 1.12 bits per heavy atom. The Morgan fingerprint density at radius 3 is 2.69 bits per heavy atom. The van der Waals surface area contributed by atoms with E-state index in [-0.39, 0.29) is 0 Å².